The van der Waals surface area contributed by atoms with Crippen molar-refractivity contribution >= 4 is 11.6 Å². The summed E-state index contributed by atoms with van der Waals surface area (Å²) < 4.78 is 1.85. The van der Waals surface area contributed by atoms with Crippen LogP contribution in [0.15, 0.2) is 36.7 Å². The highest BCUT2D eigenvalue weighted by Gasteiger charge is 2.30. The number of alkyl halides is 1. The van der Waals surface area contributed by atoms with Crippen LogP contribution in [0, 0.1) is 0 Å². The van der Waals surface area contributed by atoms with Crippen LogP contribution in [-0.4, -0.2) is 25.8 Å². The molecule has 1 atom stereocenters. The Bertz CT molecular complexity index is 529. The van der Waals surface area contributed by atoms with Crippen molar-refractivity contribution in [3.8, 4) is 0 Å². The normalized spacial score (nSPS) is 14.2. The number of rotatable bonds is 7. The second-order valence-corrected chi connectivity index (χ2v) is 5.29. The summed E-state index contributed by atoms with van der Waals surface area (Å²) in [4.78, 5) is 4.28. The first kappa shape index (κ1) is 15.0. The van der Waals surface area contributed by atoms with E-state index in [-0.39, 0.29) is 0 Å². The summed E-state index contributed by atoms with van der Waals surface area (Å²) in [6.07, 6.45) is 3.42. The predicted octanol–water partition coefficient (Wildman–Crippen LogP) is 2.75. The number of aryl methyl sites for hydroxylation is 1. The molecule has 5 heteroatoms. The van der Waals surface area contributed by atoms with Gasteiger partial charge in [0.15, 0.2) is 0 Å². The van der Waals surface area contributed by atoms with Crippen molar-refractivity contribution in [1.29, 1.82) is 0 Å². The van der Waals surface area contributed by atoms with Gasteiger partial charge in [0.1, 0.15) is 12.2 Å². The van der Waals surface area contributed by atoms with Crippen LogP contribution < -0.4 is 0 Å². The van der Waals surface area contributed by atoms with E-state index < -0.39 is 5.60 Å². The topological polar surface area (TPSA) is 50.9 Å². The quantitative estimate of drug-likeness (QED) is 0.799. The van der Waals surface area contributed by atoms with Crippen molar-refractivity contribution in [2.45, 2.75) is 38.3 Å². The van der Waals surface area contributed by atoms with Crippen molar-refractivity contribution in [3.05, 3.63) is 48.0 Å². The number of aliphatic hydroxyl groups is 1. The molecule has 2 aromatic rings. The van der Waals surface area contributed by atoms with Gasteiger partial charge in [-0.1, -0.05) is 37.3 Å². The average molecular weight is 294 g/mol. The molecule has 0 fully saturated rings. The molecule has 0 aliphatic carbocycles. The zero-order valence-corrected chi connectivity index (χ0v) is 12.4. The number of hydrogen-bond donors (Lipinski definition) is 1. The maximum atomic E-state index is 11.0. The van der Waals surface area contributed by atoms with Gasteiger partial charge in [-0.15, -0.1) is 11.6 Å². The maximum Gasteiger partial charge on any atom is 0.138 e. The van der Waals surface area contributed by atoms with E-state index in [1.807, 2.05) is 35.0 Å². The molecular weight excluding hydrogens is 274 g/mol. The maximum absolute atomic E-state index is 11.0. The molecule has 0 saturated heterocycles. The van der Waals surface area contributed by atoms with Crippen LogP contribution in [0.4, 0.5) is 0 Å². The van der Waals surface area contributed by atoms with Crippen molar-refractivity contribution in [2.24, 2.45) is 0 Å². The molecule has 0 bridgehead atoms. The van der Waals surface area contributed by atoms with Gasteiger partial charge in [-0.2, -0.15) is 5.10 Å². The third kappa shape index (κ3) is 3.38. The Morgan fingerprint density at radius 1 is 1.30 bits per heavy atom. The van der Waals surface area contributed by atoms with E-state index in [1.165, 1.54) is 6.33 Å². The summed E-state index contributed by atoms with van der Waals surface area (Å²) in [7, 11) is 0. The van der Waals surface area contributed by atoms with Gasteiger partial charge in [0.25, 0.3) is 0 Å². The monoisotopic (exact) mass is 293 g/mol. The number of benzene rings is 1. The summed E-state index contributed by atoms with van der Waals surface area (Å²) >= 11 is 5.87. The van der Waals surface area contributed by atoms with Crippen LogP contribution in [0.5, 0.6) is 0 Å². The Balaban J connectivity index is 2.27. The van der Waals surface area contributed by atoms with Crippen LogP contribution in [0.2, 0.25) is 0 Å². The van der Waals surface area contributed by atoms with Crippen molar-refractivity contribution in [3.63, 3.8) is 0 Å². The minimum Gasteiger partial charge on any atom is -0.385 e. The largest absolute Gasteiger partial charge is 0.385 e. The second-order valence-electron chi connectivity index (χ2n) is 4.91. The Labute approximate surface area is 124 Å². The van der Waals surface area contributed by atoms with E-state index in [9.17, 15) is 5.11 Å². The highest BCUT2D eigenvalue weighted by Crippen LogP contribution is 2.29. The van der Waals surface area contributed by atoms with E-state index in [2.05, 4.69) is 17.0 Å². The lowest BCUT2D eigenvalue weighted by Crippen LogP contribution is -2.31. The first-order valence-corrected chi connectivity index (χ1v) is 7.43. The van der Waals surface area contributed by atoms with Crippen LogP contribution in [0.25, 0.3) is 0 Å². The Morgan fingerprint density at radius 2 is 2.05 bits per heavy atom. The Morgan fingerprint density at radius 3 is 2.70 bits per heavy atom. The van der Waals surface area contributed by atoms with E-state index in [0.717, 1.165) is 24.4 Å². The number of nitrogens with zero attached hydrogens (tertiary/aromatic N) is 3. The summed E-state index contributed by atoms with van der Waals surface area (Å²) in [6, 6.07) is 9.63. The van der Waals surface area contributed by atoms with Gasteiger partial charge in [-0.05, 0) is 18.4 Å². The summed E-state index contributed by atoms with van der Waals surface area (Å²) in [5.41, 5.74) is -0.131. The van der Waals surface area contributed by atoms with Crippen LogP contribution in [0.1, 0.15) is 31.2 Å². The van der Waals surface area contributed by atoms with Crippen LogP contribution in [0.3, 0.4) is 0 Å². The smallest absolute Gasteiger partial charge is 0.138 e. The Hall–Kier alpha value is -1.39. The lowest BCUT2D eigenvalue weighted by Gasteiger charge is -2.27. The molecule has 0 saturated carbocycles. The number of halogens is 1. The van der Waals surface area contributed by atoms with Crippen LogP contribution in [-0.2, 0) is 18.6 Å². The molecule has 20 heavy (non-hydrogen) atoms. The van der Waals surface area contributed by atoms with E-state index in [0.29, 0.717) is 18.7 Å². The molecule has 1 N–H and O–H groups in total. The fourth-order valence-electron chi connectivity index (χ4n) is 2.32. The summed E-state index contributed by atoms with van der Waals surface area (Å²) in [5.74, 6) is 1.19. The Kier molecular flexibility index (Phi) is 5.15. The first-order valence-electron chi connectivity index (χ1n) is 6.90. The number of aromatic nitrogens is 3. The molecule has 1 aromatic carbocycles. The summed E-state index contributed by atoms with van der Waals surface area (Å²) in [6.45, 7) is 2.90. The third-order valence-electron chi connectivity index (χ3n) is 3.40. The van der Waals surface area contributed by atoms with E-state index >= 15 is 0 Å². The third-order valence-corrected chi connectivity index (χ3v) is 3.59. The average Bonchev–Trinajstić information content (AvgIpc) is 2.88. The molecular formula is C15H20ClN3O. The molecule has 2 rings (SSSR count). The van der Waals surface area contributed by atoms with Gasteiger partial charge in [-0.3, -0.25) is 0 Å². The lowest BCUT2D eigenvalue weighted by molar-refractivity contribution is 0.0305. The van der Waals surface area contributed by atoms with Gasteiger partial charge >= 0.3 is 0 Å². The SMILES string of the molecule is CCCn1ncnc1CC(O)(CCCl)c1ccccc1. The zero-order valence-electron chi connectivity index (χ0n) is 11.7. The highest BCUT2D eigenvalue weighted by atomic mass is 35.5. The number of hydrogen-bond acceptors (Lipinski definition) is 3. The van der Waals surface area contributed by atoms with E-state index in [4.69, 9.17) is 11.6 Å². The standard InChI is InChI=1S/C15H20ClN3O/c1-2-10-19-14(17-12-18-19)11-15(20,8-9-16)13-6-4-3-5-7-13/h3-7,12,20H,2,8-11H2,1H3. The predicted molar refractivity (Wildman–Crippen MR) is 79.7 cm³/mol. The second kappa shape index (κ2) is 6.86. The minimum atomic E-state index is -0.998. The fraction of sp³-hybridized carbons (Fsp3) is 0.467. The molecule has 108 valence electrons. The highest BCUT2D eigenvalue weighted by molar-refractivity contribution is 6.17. The van der Waals surface area contributed by atoms with Gasteiger partial charge in [0.2, 0.25) is 0 Å². The molecule has 1 unspecified atom stereocenters. The summed E-state index contributed by atoms with van der Waals surface area (Å²) in [5, 5.41) is 15.2. The molecule has 0 amide bonds. The van der Waals surface area contributed by atoms with Crippen molar-refractivity contribution < 1.29 is 5.11 Å². The molecule has 1 heterocycles. The van der Waals surface area contributed by atoms with Crippen molar-refractivity contribution in [1.82, 2.24) is 14.8 Å². The fourth-order valence-corrected chi connectivity index (χ4v) is 2.64. The van der Waals surface area contributed by atoms with E-state index in [1.54, 1.807) is 0 Å². The molecule has 1 aromatic heterocycles. The first-order chi connectivity index (χ1) is 9.69. The lowest BCUT2D eigenvalue weighted by atomic mass is 9.87. The van der Waals surface area contributed by atoms with Gasteiger partial charge < -0.3 is 5.11 Å². The molecule has 0 spiro atoms. The van der Waals surface area contributed by atoms with Gasteiger partial charge in [0.05, 0.1) is 5.60 Å². The molecule has 0 aliphatic heterocycles. The molecule has 0 aliphatic rings. The minimum absolute atomic E-state index is 0.396. The van der Waals surface area contributed by atoms with Crippen LogP contribution >= 0.6 is 11.6 Å². The zero-order chi connectivity index (χ0) is 14.4. The van der Waals surface area contributed by atoms with Gasteiger partial charge in [0, 0.05) is 18.8 Å². The molecule has 4 nitrogen and oxygen atoms in total. The van der Waals surface area contributed by atoms with Gasteiger partial charge in [-0.25, -0.2) is 9.67 Å². The molecule has 0 radical (unpaired) electrons. The van der Waals surface area contributed by atoms with Crippen molar-refractivity contribution in [2.75, 3.05) is 5.88 Å².